The number of halogens is 2. The summed E-state index contributed by atoms with van der Waals surface area (Å²) in [4.78, 5) is 23.1. The highest BCUT2D eigenvalue weighted by Crippen LogP contribution is 2.23. The van der Waals surface area contributed by atoms with Crippen molar-refractivity contribution in [2.24, 2.45) is 0 Å². The number of hydrogen-bond donors (Lipinski definition) is 2. The quantitative estimate of drug-likeness (QED) is 0.834. The van der Waals surface area contributed by atoms with E-state index >= 15 is 0 Å². The number of alkyl halides is 1. The van der Waals surface area contributed by atoms with Crippen molar-refractivity contribution < 1.29 is 19.1 Å². The van der Waals surface area contributed by atoms with Gasteiger partial charge in [-0.25, -0.2) is 9.18 Å². The number of nitrogens with one attached hydrogen (secondary N) is 1. The molecule has 0 aliphatic rings. The van der Waals surface area contributed by atoms with Crippen molar-refractivity contribution >= 4 is 27.8 Å². The Labute approximate surface area is 141 Å². The molecule has 1 unspecified atom stereocenters. The van der Waals surface area contributed by atoms with Gasteiger partial charge in [0, 0.05) is 21.5 Å². The third kappa shape index (κ3) is 3.61. The Morgan fingerprint density at radius 2 is 2.04 bits per heavy atom. The maximum atomic E-state index is 12.7. The molecular weight excluding hydrogens is 367 g/mol. The van der Waals surface area contributed by atoms with Gasteiger partial charge in [-0.15, -0.1) is 0 Å². The second kappa shape index (κ2) is 6.95. The smallest absolute Gasteiger partial charge is 0.328 e. The normalized spacial score (nSPS) is 12.0. The molecule has 2 aromatic rings. The average molecular weight is 383 g/mol. The first-order valence-corrected chi connectivity index (χ1v) is 7.69. The number of aliphatic carboxylic acids is 1. The molecule has 1 atom stereocenters. The van der Waals surface area contributed by atoms with Gasteiger partial charge in [0.15, 0.2) is 6.04 Å². The molecule has 1 aromatic heterocycles. The zero-order valence-electron chi connectivity index (χ0n) is 12.6. The Morgan fingerprint density at radius 1 is 1.35 bits per heavy atom. The van der Waals surface area contributed by atoms with E-state index in [0.29, 0.717) is 11.3 Å². The molecule has 122 valence electrons. The molecule has 0 bridgehead atoms. The maximum Gasteiger partial charge on any atom is 0.328 e. The van der Waals surface area contributed by atoms with Crippen LogP contribution in [0.2, 0.25) is 0 Å². The van der Waals surface area contributed by atoms with Gasteiger partial charge in [0.05, 0.1) is 5.56 Å². The van der Waals surface area contributed by atoms with Crippen molar-refractivity contribution in [3.05, 3.63) is 51.8 Å². The second-order valence-corrected chi connectivity index (χ2v) is 6.03. The summed E-state index contributed by atoms with van der Waals surface area (Å²) in [5, 5.41) is 11.0. The van der Waals surface area contributed by atoms with E-state index in [4.69, 9.17) is 5.11 Å². The molecule has 0 spiro atoms. The number of rotatable bonds is 5. The number of aryl methyl sites for hydroxylation is 1. The number of carboxylic acid groups (broad SMARTS) is 1. The van der Waals surface area contributed by atoms with Crippen LogP contribution in [0.5, 0.6) is 0 Å². The Hall–Kier alpha value is -2.15. The van der Waals surface area contributed by atoms with Gasteiger partial charge < -0.3 is 15.0 Å². The van der Waals surface area contributed by atoms with E-state index < -0.39 is 24.6 Å². The molecule has 0 fully saturated rings. The number of carboxylic acids is 1. The molecule has 1 heterocycles. The van der Waals surface area contributed by atoms with Gasteiger partial charge >= 0.3 is 5.97 Å². The van der Waals surface area contributed by atoms with Gasteiger partial charge in [0.25, 0.3) is 5.91 Å². The minimum atomic E-state index is -1.54. The highest BCUT2D eigenvalue weighted by Gasteiger charge is 2.23. The highest BCUT2D eigenvalue weighted by molar-refractivity contribution is 9.10. The standard InChI is InChI=1S/C16H16BrFN2O3/c1-9-6-13(15(21)19-14(8-18)16(22)23)10(2)20(9)12-5-3-4-11(17)7-12/h3-7,14H,8H2,1-2H3,(H,19,21)(H,22,23). The molecule has 2 rings (SSSR count). The molecule has 7 heteroatoms. The first-order valence-electron chi connectivity index (χ1n) is 6.89. The van der Waals surface area contributed by atoms with Crippen molar-refractivity contribution in [2.45, 2.75) is 19.9 Å². The summed E-state index contributed by atoms with van der Waals surface area (Å²) in [5.41, 5.74) is 2.66. The minimum absolute atomic E-state index is 0.321. The SMILES string of the molecule is Cc1cc(C(=O)NC(CF)C(=O)O)c(C)n1-c1cccc(Br)c1. The zero-order chi connectivity index (χ0) is 17.1. The molecule has 5 nitrogen and oxygen atoms in total. The number of benzene rings is 1. The van der Waals surface area contributed by atoms with Crippen LogP contribution >= 0.6 is 15.9 Å². The van der Waals surface area contributed by atoms with Gasteiger partial charge in [0.2, 0.25) is 0 Å². The van der Waals surface area contributed by atoms with E-state index in [1.54, 1.807) is 13.0 Å². The average Bonchev–Trinajstić information content (AvgIpc) is 2.79. The maximum absolute atomic E-state index is 12.7. The van der Waals surface area contributed by atoms with Crippen LogP contribution in [0.4, 0.5) is 4.39 Å². The fourth-order valence-electron chi connectivity index (χ4n) is 2.41. The lowest BCUT2D eigenvalue weighted by atomic mass is 10.2. The molecule has 23 heavy (non-hydrogen) atoms. The van der Waals surface area contributed by atoms with E-state index in [9.17, 15) is 14.0 Å². The van der Waals surface area contributed by atoms with E-state index in [0.717, 1.165) is 15.9 Å². The van der Waals surface area contributed by atoms with Crippen molar-refractivity contribution in [3.8, 4) is 5.69 Å². The van der Waals surface area contributed by atoms with E-state index in [1.807, 2.05) is 35.8 Å². The number of amides is 1. The lowest BCUT2D eigenvalue weighted by molar-refractivity contribution is -0.139. The second-order valence-electron chi connectivity index (χ2n) is 5.12. The van der Waals surface area contributed by atoms with Crippen LogP contribution in [0, 0.1) is 13.8 Å². The van der Waals surface area contributed by atoms with Crippen LogP contribution in [-0.4, -0.2) is 34.3 Å². The van der Waals surface area contributed by atoms with Crippen LogP contribution in [0.25, 0.3) is 5.69 Å². The molecule has 0 saturated carbocycles. The van der Waals surface area contributed by atoms with Gasteiger partial charge in [-0.05, 0) is 38.1 Å². The molecule has 0 radical (unpaired) electrons. The molecule has 1 aromatic carbocycles. The first-order chi connectivity index (χ1) is 10.8. The van der Waals surface area contributed by atoms with Crippen molar-refractivity contribution in [1.29, 1.82) is 0 Å². The Balaban J connectivity index is 2.38. The summed E-state index contributed by atoms with van der Waals surface area (Å²) in [6.07, 6.45) is 0. The Bertz CT molecular complexity index is 758. The molecule has 0 aliphatic carbocycles. The van der Waals surface area contributed by atoms with E-state index in [1.165, 1.54) is 0 Å². The molecule has 2 N–H and O–H groups in total. The largest absolute Gasteiger partial charge is 0.480 e. The predicted octanol–water partition coefficient (Wildman–Crippen LogP) is 3.01. The number of aromatic nitrogens is 1. The van der Waals surface area contributed by atoms with Gasteiger partial charge in [-0.3, -0.25) is 4.79 Å². The van der Waals surface area contributed by atoms with Crippen LogP contribution in [0.3, 0.4) is 0 Å². The van der Waals surface area contributed by atoms with Gasteiger partial charge in [-0.1, -0.05) is 22.0 Å². The third-order valence-electron chi connectivity index (χ3n) is 3.50. The lowest BCUT2D eigenvalue weighted by Gasteiger charge is -2.12. The number of carbonyl (C=O) groups is 2. The number of carbonyl (C=O) groups excluding carboxylic acids is 1. The fraction of sp³-hybridized carbons (Fsp3) is 0.250. The zero-order valence-corrected chi connectivity index (χ0v) is 14.2. The topological polar surface area (TPSA) is 71.3 Å². The summed E-state index contributed by atoms with van der Waals surface area (Å²) >= 11 is 3.40. The molecule has 1 amide bonds. The van der Waals surface area contributed by atoms with Crippen molar-refractivity contribution in [1.82, 2.24) is 9.88 Å². The minimum Gasteiger partial charge on any atom is -0.480 e. The monoisotopic (exact) mass is 382 g/mol. The molecule has 0 aliphatic heterocycles. The van der Waals surface area contributed by atoms with Crippen LogP contribution in [-0.2, 0) is 4.79 Å². The Morgan fingerprint density at radius 3 is 2.61 bits per heavy atom. The predicted molar refractivity (Wildman–Crippen MR) is 87.8 cm³/mol. The fourth-order valence-corrected chi connectivity index (χ4v) is 2.79. The number of hydrogen-bond acceptors (Lipinski definition) is 2. The summed E-state index contributed by atoms with van der Waals surface area (Å²) in [6, 6.07) is 7.68. The van der Waals surface area contributed by atoms with Crippen LogP contribution < -0.4 is 5.32 Å². The van der Waals surface area contributed by atoms with Crippen LogP contribution in [0.15, 0.2) is 34.8 Å². The first kappa shape index (κ1) is 17.2. The van der Waals surface area contributed by atoms with E-state index in [2.05, 4.69) is 21.2 Å². The van der Waals surface area contributed by atoms with Crippen molar-refractivity contribution in [3.63, 3.8) is 0 Å². The Kier molecular flexibility index (Phi) is 5.20. The summed E-state index contributed by atoms with van der Waals surface area (Å²) in [6.45, 7) is 2.44. The van der Waals surface area contributed by atoms with Crippen LogP contribution in [0.1, 0.15) is 21.7 Å². The van der Waals surface area contributed by atoms with Crippen molar-refractivity contribution in [2.75, 3.05) is 6.67 Å². The van der Waals surface area contributed by atoms with E-state index in [-0.39, 0.29) is 0 Å². The number of nitrogens with zero attached hydrogens (tertiary/aromatic N) is 1. The molecule has 0 saturated heterocycles. The third-order valence-corrected chi connectivity index (χ3v) is 3.99. The van der Waals surface area contributed by atoms with Gasteiger partial charge in [0.1, 0.15) is 6.67 Å². The summed E-state index contributed by atoms with van der Waals surface area (Å²) in [5.74, 6) is -2.01. The summed E-state index contributed by atoms with van der Waals surface area (Å²) in [7, 11) is 0. The molecular formula is C16H16BrFN2O3. The highest BCUT2D eigenvalue weighted by atomic mass is 79.9. The summed E-state index contributed by atoms with van der Waals surface area (Å²) < 4.78 is 15.5. The van der Waals surface area contributed by atoms with Gasteiger partial charge in [-0.2, -0.15) is 0 Å². The lowest BCUT2D eigenvalue weighted by Crippen LogP contribution is -2.42.